The zero-order valence-corrected chi connectivity index (χ0v) is 13.7. The van der Waals surface area contributed by atoms with E-state index in [-0.39, 0.29) is 12.5 Å². The highest BCUT2D eigenvalue weighted by Crippen LogP contribution is 2.26. The van der Waals surface area contributed by atoms with Gasteiger partial charge in [0.2, 0.25) is 0 Å². The minimum Gasteiger partial charge on any atom is -0.484 e. The maximum atomic E-state index is 11.7. The van der Waals surface area contributed by atoms with Crippen molar-refractivity contribution in [1.82, 2.24) is 5.32 Å². The van der Waals surface area contributed by atoms with Gasteiger partial charge in [-0.15, -0.1) is 0 Å². The van der Waals surface area contributed by atoms with Crippen LogP contribution in [0.5, 0.6) is 5.75 Å². The number of ether oxygens (including phenoxy) is 1. The number of carbonyl (C=O) groups is 1. The average molecular weight is 338 g/mol. The molecule has 5 heteroatoms. The van der Waals surface area contributed by atoms with Crippen LogP contribution >= 0.6 is 23.2 Å². The Morgan fingerprint density at radius 2 is 1.91 bits per heavy atom. The van der Waals surface area contributed by atoms with Gasteiger partial charge in [-0.2, -0.15) is 0 Å². The molecule has 0 fully saturated rings. The largest absolute Gasteiger partial charge is 0.484 e. The summed E-state index contributed by atoms with van der Waals surface area (Å²) in [5, 5.41) is 3.69. The molecule has 3 nitrogen and oxygen atoms in total. The summed E-state index contributed by atoms with van der Waals surface area (Å²) in [6.07, 6.45) is 0.797. The summed E-state index contributed by atoms with van der Waals surface area (Å²) >= 11 is 11.7. The molecule has 2 rings (SSSR count). The maximum absolute atomic E-state index is 11.7. The number of aryl methyl sites for hydroxylation is 1. The third kappa shape index (κ3) is 4.93. The highest BCUT2D eigenvalue weighted by Gasteiger charge is 2.05. The summed E-state index contributed by atoms with van der Waals surface area (Å²) in [6.45, 7) is 2.59. The molecule has 116 valence electrons. The Kier molecular flexibility index (Phi) is 6.10. The van der Waals surface area contributed by atoms with Crippen molar-refractivity contribution in [3.63, 3.8) is 0 Å². The molecular formula is C17H17Cl2NO2. The Bertz CT molecular complexity index is 659. The number of hydrogen-bond donors (Lipinski definition) is 1. The number of hydrogen-bond acceptors (Lipinski definition) is 2. The number of benzene rings is 2. The number of rotatable bonds is 6. The predicted octanol–water partition coefficient (Wildman–Crippen LogP) is 4.04. The first kappa shape index (κ1) is 16.7. The van der Waals surface area contributed by atoms with Crippen LogP contribution in [-0.4, -0.2) is 19.1 Å². The molecule has 1 N–H and O–H groups in total. The molecular weight excluding hydrogens is 321 g/mol. The van der Waals surface area contributed by atoms with Crippen molar-refractivity contribution in [1.29, 1.82) is 0 Å². The number of halogens is 2. The second kappa shape index (κ2) is 8.06. The number of nitrogens with one attached hydrogen (secondary N) is 1. The van der Waals surface area contributed by atoms with Crippen molar-refractivity contribution >= 4 is 29.1 Å². The van der Waals surface area contributed by atoms with Crippen LogP contribution in [-0.2, 0) is 11.2 Å². The molecule has 0 saturated carbocycles. The highest BCUT2D eigenvalue weighted by molar-refractivity contribution is 6.42. The molecule has 2 aromatic rings. The first-order valence-corrected chi connectivity index (χ1v) is 7.71. The second-order valence-electron chi connectivity index (χ2n) is 4.89. The molecule has 22 heavy (non-hydrogen) atoms. The van der Waals surface area contributed by atoms with E-state index in [1.54, 1.807) is 18.2 Å². The fourth-order valence-electron chi connectivity index (χ4n) is 1.99. The minimum atomic E-state index is -0.167. The van der Waals surface area contributed by atoms with E-state index in [4.69, 9.17) is 27.9 Å². The SMILES string of the molecule is Cc1ccccc1CCNC(=O)COc1ccc(Cl)c(Cl)c1. The lowest BCUT2D eigenvalue weighted by Crippen LogP contribution is -2.30. The molecule has 0 aliphatic heterocycles. The van der Waals surface area contributed by atoms with E-state index in [2.05, 4.69) is 24.4 Å². The maximum Gasteiger partial charge on any atom is 0.257 e. The molecule has 0 spiro atoms. The van der Waals surface area contributed by atoms with Crippen LogP contribution in [0.4, 0.5) is 0 Å². The zero-order chi connectivity index (χ0) is 15.9. The Morgan fingerprint density at radius 1 is 1.14 bits per heavy atom. The molecule has 0 aromatic heterocycles. The van der Waals surface area contributed by atoms with Gasteiger partial charge in [-0.3, -0.25) is 4.79 Å². The van der Waals surface area contributed by atoms with Crippen molar-refractivity contribution in [2.45, 2.75) is 13.3 Å². The van der Waals surface area contributed by atoms with Gasteiger partial charge in [0.05, 0.1) is 10.0 Å². The van der Waals surface area contributed by atoms with Crippen LogP contribution in [0, 0.1) is 6.92 Å². The minimum absolute atomic E-state index is 0.0499. The van der Waals surface area contributed by atoms with Gasteiger partial charge in [0.1, 0.15) is 5.75 Å². The van der Waals surface area contributed by atoms with E-state index in [0.717, 1.165) is 6.42 Å². The van der Waals surface area contributed by atoms with Crippen molar-refractivity contribution in [2.24, 2.45) is 0 Å². The molecule has 2 aromatic carbocycles. The Hall–Kier alpha value is -1.71. The lowest BCUT2D eigenvalue weighted by atomic mass is 10.1. The van der Waals surface area contributed by atoms with E-state index in [9.17, 15) is 4.79 Å². The van der Waals surface area contributed by atoms with Gasteiger partial charge in [0, 0.05) is 12.6 Å². The van der Waals surface area contributed by atoms with E-state index in [0.29, 0.717) is 22.3 Å². The fraction of sp³-hybridized carbons (Fsp3) is 0.235. The summed E-state index contributed by atoms with van der Waals surface area (Å²) in [7, 11) is 0. The molecule has 0 aliphatic rings. The summed E-state index contributed by atoms with van der Waals surface area (Å²) in [5.74, 6) is 0.350. The van der Waals surface area contributed by atoms with E-state index in [1.807, 2.05) is 12.1 Å². The normalized spacial score (nSPS) is 10.3. The summed E-state index contributed by atoms with van der Waals surface area (Å²) in [5.41, 5.74) is 2.46. The van der Waals surface area contributed by atoms with Crippen molar-refractivity contribution in [3.05, 3.63) is 63.6 Å². The van der Waals surface area contributed by atoms with Gasteiger partial charge in [-0.1, -0.05) is 47.5 Å². The Balaban J connectivity index is 1.74. The first-order chi connectivity index (χ1) is 10.6. The number of carbonyl (C=O) groups excluding carboxylic acids is 1. The first-order valence-electron chi connectivity index (χ1n) is 6.95. The summed E-state index contributed by atoms with van der Waals surface area (Å²) in [6, 6.07) is 13.0. The van der Waals surface area contributed by atoms with E-state index in [1.165, 1.54) is 11.1 Å². The Labute approximate surface area is 140 Å². The zero-order valence-electron chi connectivity index (χ0n) is 12.2. The molecule has 0 aliphatic carbocycles. The second-order valence-corrected chi connectivity index (χ2v) is 5.71. The van der Waals surface area contributed by atoms with Gasteiger partial charge in [0.25, 0.3) is 5.91 Å². The lowest BCUT2D eigenvalue weighted by Gasteiger charge is -2.09. The fourth-order valence-corrected chi connectivity index (χ4v) is 2.28. The quantitative estimate of drug-likeness (QED) is 0.863. The van der Waals surface area contributed by atoms with Gasteiger partial charge >= 0.3 is 0 Å². The molecule has 0 radical (unpaired) electrons. The van der Waals surface area contributed by atoms with E-state index < -0.39 is 0 Å². The molecule has 0 heterocycles. The molecule has 0 atom stereocenters. The van der Waals surface area contributed by atoms with Crippen LogP contribution in [0.1, 0.15) is 11.1 Å². The molecule has 0 unspecified atom stereocenters. The number of amides is 1. The molecule has 0 saturated heterocycles. The standard InChI is InChI=1S/C17H17Cl2NO2/c1-12-4-2-3-5-13(12)8-9-20-17(21)11-22-14-6-7-15(18)16(19)10-14/h2-7,10H,8-9,11H2,1H3,(H,20,21). The van der Waals surface area contributed by atoms with Crippen LogP contribution in [0.15, 0.2) is 42.5 Å². The summed E-state index contributed by atoms with van der Waals surface area (Å²) in [4.78, 5) is 11.7. The summed E-state index contributed by atoms with van der Waals surface area (Å²) < 4.78 is 5.37. The van der Waals surface area contributed by atoms with Gasteiger partial charge in [-0.05, 0) is 36.6 Å². The van der Waals surface area contributed by atoms with Crippen molar-refractivity contribution in [3.8, 4) is 5.75 Å². The van der Waals surface area contributed by atoms with E-state index >= 15 is 0 Å². The van der Waals surface area contributed by atoms with Crippen LogP contribution in [0.3, 0.4) is 0 Å². The van der Waals surface area contributed by atoms with Crippen LogP contribution < -0.4 is 10.1 Å². The highest BCUT2D eigenvalue weighted by atomic mass is 35.5. The smallest absolute Gasteiger partial charge is 0.257 e. The van der Waals surface area contributed by atoms with Gasteiger partial charge in [-0.25, -0.2) is 0 Å². The van der Waals surface area contributed by atoms with Crippen molar-refractivity contribution in [2.75, 3.05) is 13.2 Å². The Morgan fingerprint density at radius 3 is 2.64 bits per heavy atom. The predicted molar refractivity (Wildman–Crippen MR) is 89.8 cm³/mol. The van der Waals surface area contributed by atoms with Gasteiger partial charge < -0.3 is 10.1 Å². The monoisotopic (exact) mass is 337 g/mol. The average Bonchev–Trinajstić information content (AvgIpc) is 2.50. The third-order valence-electron chi connectivity index (χ3n) is 3.24. The van der Waals surface area contributed by atoms with Crippen molar-refractivity contribution < 1.29 is 9.53 Å². The lowest BCUT2D eigenvalue weighted by molar-refractivity contribution is -0.123. The third-order valence-corrected chi connectivity index (χ3v) is 3.98. The molecule has 1 amide bonds. The topological polar surface area (TPSA) is 38.3 Å². The van der Waals surface area contributed by atoms with Crippen LogP contribution in [0.2, 0.25) is 10.0 Å². The van der Waals surface area contributed by atoms with Gasteiger partial charge in [0.15, 0.2) is 6.61 Å². The molecule has 0 bridgehead atoms. The van der Waals surface area contributed by atoms with Crippen LogP contribution in [0.25, 0.3) is 0 Å².